The van der Waals surface area contributed by atoms with Gasteiger partial charge in [0.05, 0.1) is 17.8 Å². The second-order valence-electron chi connectivity index (χ2n) is 8.51. The quantitative estimate of drug-likeness (QED) is 0.200. The van der Waals surface area contributed by atoms with Gasteiger partial charge in [-0.2, -0.15) is 13.2 Å². The number of carbonyl (C=O) groups excluding carboxylic acids is 1. The zero-order chi connectivity index (χ0) is 25.7. The van der Waals surface area contributed by atoms with Crippen LogP contribution in [0, 0.1) is 5.82 Å². The average Bonchev–Trinajstić information content (AvgIpc) is 3.20. The van der Waals surface area contributed by atoms with Crippen molar-refractivity contribution < 1.29 is 27.1 Å². The van der Waals surface area contributed by atoms with E-state index < -0.39 is 17.6 Å². The van der Waals surface area contributed by atoms with Crippen LogP contribution in [0.1, 0.15) is 46.9 Å². The number of nitrogens with zero attached hydrogens (tertiary/aromatic N) is 1. The van der Waals surface area contributed by atoms with Crippen LogP contribution < -0.4 is 10.1 Å². The van der Waals surface area contributed by atoms with Crippen LogP contribution in [0.4, 0.5) is 17.6 Å². The summed E-state index contributed by atoms with van der Waals surface area (Å²) in [5.74, 6) is -0.478. The number of alkyl halides is 3. The lowest BCUT2D eigenvalue weighted by molar-refractivity contribution is -0.137. The van der Waals surface area contributed by atoms with E-state index in [1.54, 1.807) is 34.9 Å². The fourth-order valence-corrected chi connectivity index (χ4v) is 3.95. The number of rotatable bonds is 9. The van der Waals surface area contributed by atoms with Crippen LogP contribution >= 0.6 is 0 Å². The first kappa shape index (κ1) is 25.3. The summed E-state index contributed by atoms with van der Waals surface area (Å²) in [5.41, 5.74) is 0.977. The van der Waals surface area contributed by atoms with Gasteiger partial charge in [0.25, 0.3) is 5.91 Å². The van der Waals surface area contributed by atoms with Gasteiger partial charge in [-0.3, -0.25) is 4.79 Å². The third-order valence-electron chi connectivity index (χ3n) is 5.90. The van der Waals surface area contributed by atoms with E-state index in [0.717, 1.165) is 30.4 Å². The Morgan fingerprint density at radius 1 is 1.00 bits per heavy atom. The molecular formula is C28H26F4N2O2. The number of aromatic nitrogens is 1. The minimum absolute atomic E-state index is 0.00297. The molecule has 0 fully saturated rings. The molecule has 0 saturated carbocycles. The summed E-state index contributed by atoms with van der Waals surface area (Å²) in [4.78, 5) is 12.5. The second kappa shape index (κ2) is 10.8. The number of unbranched alkanes of at least 4 members (excludes halogenated alkanes) is 1. The molecular weight excluding hydrogens is 472 g/mol. The Morgan fingerprint density at radius 2 is 1.78 bits per heavy atom. The molecule has 36 heavy (non-hydrogen) atoms. The molecule has 8 heteroatoms. The molecule has 3 aromatic carbocycles. The van der Waals surface area contributed by atoms with E-state index in [9.17, 15) is 22.4 Å². The number of hydrogen-bond acceptors (Lipinski definition) is 2. The van der Waals surface area contributed by atoms with Crippen molar-refractivity contribution in [1.82, 2.24) is 9.88 Å². The molecule has 1 N–H and O–H groups in total. The van der Waals surface area contributed by atoms with Crippen molar-refractivity contribution in [3.63, 3.8) is 0 Å². The third kappa shape index (κ3) is 5.87. The zero-order valence-electron chi connectivity index (χ0n) is 19.7. The molecule has 0 radical (unpaired) electrons. The van der Waals surface area contributed by atoms with Gasteiger partial charge < -0.3 is 14.6 Å². The maximum atomic E-state index is 14.7. The number of amides is 1. The Hall–Kier alpha value is -3.81. The normalized spacial score (nSPS) is 11.6. The third-order valence-corrected chi connectivity index (χ3v) is 5.90. The van der Waals surface area contributed by atoms with E-state index in [2.05, 4.69) is 5.32 Å². The molecule has 1 amide bonds. The molecule has 4 rings (SSSR count). The number of hydrogen-bond donors (Lipinski definition) is 1. The smallest absolute Gasteiger partial charge is 0.416 e. The van der Waals surface area contributed by atoms with Crippen molar-refractivity contribution in [3.05, 3.63) is 101 Å². The molecule has 4 aromatic rings. The van der Waals surface area contributed by atoms with Crippen LogP contribution in [0.5, 0.6) is 5.75 Å². The highest BCUT2D eigenvalue weighted by molar-refractivity contribution is 5.98. The maximum Gasteiger partial charge on any atom is 0.416 e. The summed E-state index contributed by atoms with van der Waals surface area (Å²) in [5, 5.41) is 3.63. The maximum absolute atomic E-state index is 14.7. The summed E-state index contributed by atoms with van der Waals surface area (Å²) in [6.07, 6.45) is -2.78. The molecule has 0 bridgehead atoms. The number of carbonyl (C=O) groups is 1. The molecule has 0 aliphatic carbocycles. The van der Waals surface area contributed by atoms with E-state index in [1.807, 2.05) is 31.2 Å². The van der Waals surface area contributed by atoms with E-state index in [1.165, 1.54) is 0 Å². The van der Waals surface area contributed by atoms with Gasteiger partial charge >= 0.3 is 6.18 Å². The van der Waals surface area contributed by atoms with Gasteiger partial charge in [0.15, 0.2) is 0 Å². The lowest BCUT2D eigenvalue weighted by atomic mass is 10.1. The first-order valence-electron chi connectivity index (χ1n) is 11.7. The highest BCUT2D eigenvalue weighted by Crippen LogP contribution is 2.31. The molecule has 0 unspecified atom stereocenters. The summed E-state index contributed by atoms with van der Waals surface area (Å²) in [6.45, 7) is 2.78. The largest absolute Gasteiger partial charge is 0.487 e. The van der Waals surface area contributed by atoms with Gasteiger partial charge in [-0.25, -0.2) is 4.39 Å². The van der Waals surface area contributed by atoms with E-state index in [0.29, 0.717) is 35.1 Å². The van der Waals surface area contributed by atoms with Crippen molar-refractivity contribution in [2.24, 2.45) is 0 Å². The highest BCUT2D eigenvalue weighted by Gasteiger charge is 2.31. The molecule has 0 saturated heterocycles. The number of benzene rings is 3. The number of para-hydroxylation sites is 1. The van der Waals surface area contributed by atoms with Gasteiger partial charge in [0.2, 0.25) is 0 Å². The minimum atomic E-state index is -4.62. The van der Waals surface area contributed by atoms with Crippen LogP contribution in [0.25, 0.3) is 10.9 Å². The molecule has 0 spiro atoms. The van der Waals surface area contributed by atoms with Gasteiger partial charge in [0, 0.05) is 28.6 Å². The van der Waals surface area contributed by atoms with Crippen molar-refractivity contribution >= 4 is 16.8 Å². The van der Waals surface area contributed by atoms with Crippen LogP contribution in [0.15, 0.2) is 72.8 Å². The van der Waals surface area contributed by atoms with Crippen molar-refractivity contribution in [2.45, 2.75) is 39.1 Å². The standard InChI is InChI=1S/C28H26F4N2O2/c1-2-3-13-33-27(35)19-10-12-26-21(14-19)15-23(18-36-24-7-5-4-6-8-24)34(26)17-20-9-11-22(16-25(20)29)28(30,31)32/h4-12,14-16H,2-3,13,17-18H2,1H3,(H,33,35). The van der Waals surface area contributed by atoms with Crippen LogP contribution in [-0.4, -0.2) is 17.0 Å². The van der Waals surface area contributed by atoms with Gasteiger partial charge in [-0.15, -0.1) is 0 Å². The predicted molar refractivity (Wildman–Crippen MR) is 130 cm³/mol. The Bertz CT molecular complexity index is 1350. The summed E-state index contributed by atoms with van der Waals surface area (Å²) in [6, 6.07) is 18.8. The number of fused-ring (bicyclic) bond motifs is 1. The number of ether oxygens (including phenoxy) is 1. The van der Waals surface area contributed by atoms with E-state index in [4.69, 9.17) is 4.74 Å². The summed E-state index contributed by atoms with van der Waals surface area (Å²) in [7, 11) is 0. The summed E-state index contributed by atoms with van der Waals surface area (Å²) < 4.78 is 61.3. The fraction of sp³-hybridized carbons (Fsp3) is 0.250. The average molecular weight is 499 g/mol. The number of nitrogens with one attached hydrogen (secondary N) is 1. The Kier molecular flexibility index (Phi) is 7.62. The highest BCUT2D eigenvalue weighted by atomic mass is 19.4. The first-order valence-corrected chi connectivity index (χ1v) is 11.7. The van der Waals surface area contributed by atoms with Gasteiger partial charge in [0.1, 0.15) is 18.2 Å². The lowest BCUT2D eigenvalue weighted by Crippen LogP contribution is -2.24. The zero-order valence-corrected chi connectivity index (χ0v) is 19.7. The Balaban J connectivity index is 1.68. The predicted octanol–water partition coefficient (Wildman–Crippen LogP) is 6.96. The van der Waals surface area contributed by atoms with Gasteiger partial charge in [-0.1, -0.05) is 37.6 Å². The SMILES string of the molecule is CCCCNC(=O)c1ccc2c(c1)cc(COc1ccccc1)n2Cc1ccc(C(F)(F)F)cc1F. The van der Waals surface area contributed by atoms with Gasteiger partial charge in [-0.05, 0) is 55.0 Å². The van der Waals surface area contributed by atoms with Crippen LogP contribution in [0.3, 0.4) is 0 Å². The topological polar surface area (TPSA) is 43.3 Å². The fourth-order valence-electron chi connectivity index (χ4n) is 3.95. The van der Waals surface area contributed by atoms with E-state index in [-0.39, 0.29) is 24.6 Å². The molecule has 1 aromatic heterocycles. The van der Waals surface area contributed by atoms with Crippen LogP contribution in [-0.2, 0) is 19.3 Å². The van der Waals surface area contributed by atoms with E-state index >= 15 is 0 Å². The van der Waals surface area contributed by atoms with Crippen LogP contribution in [0.2, 0.25) is 0 Å². The first-order chi connectivity index (χ1) is 17.3. The van der Waals surface area contributed by atoms with Crippen molar-refractivity contribution in [3.8, 4) is 5.75 Å². The molecule has 1 heterocycles. The molecule has 4 nitrogen and oxygen atoms in total. The monoisotopic (exact) mass is 498 g/mol. The second-order valence-corrected chi connectivity index (χ2v) is 8.51. The Labute approximate surface area is 206 Å². The Morgan fingerprint density at radius 3 is 2.47 bits per heavy atom. The van der Waals surface area contributed by atoms with Crippen molar-refractivity contribution in [1.29, 1.82) is 0 Å². The van der Waals surface area contributed by atoms with Crippen molar-refractivity contribution in [2.75, 3.05) is 6.54 Å². The number of halogens is 4. The molecule has 0 aliphatic rings. The molecule has 0 atom stereocenters. The molecule has 0 aliphatic heterocycles. The summed E-state index contributed by atoms with van der Waals surface area (Å²) >= 11 is 0. The lowest BCUT2D eigenvalue weighted by Gasteiger charge is -2.14. The minimum Gasteiger partial charge on any atom is -0.487 e. The molecule has 188 valence electrons.